The monoisotopic (exact) mass is 685 g/mol. The van der Waals surface area contributed by atoms with Crippen LogP contribution in [0.1, 0.15) is 26.9 Å². The van der Waals surface area contributed by atoms with Gasteiger partial charge in [0, 0.05) is 5.56 Å². The second kappa shape index (κ2) is 11.0. The number of ether oxygens (including phenoxy) is 2. The Morgan fingerprint density at radius 2 is 1.74 bits per heavy atom. The number of nitrogens with zero attached hydrogens (tertiary/aromatic N) is 1. The number of carbonyl (C=O) groups excluding carboxylic acids is 1. The van der Waals surface area contributed by atoms with Gasteiger partial charge in [0.25, 0.3) is 0 Å². The van der Waals surface area contributed by atoms with Gasteiger partial charge >= 0.3 is 35.5 Å². The molecule has 1 aliphatic carbocycles. The van der Waals surface area contributed by atoms with Gasteiger partial charge in [-0.05, 0) is 35.6 Å². The smallest absolute Gasteiger partial charge is 1.00 e. The van der Waals surface area contributed by atoms with E-state index < -0.39 is 8.25 Å². The summed E-state index contributed by atoms with van der Waals surface area (Å²) < 4.78 is 10.9. The quantitative estimate of drug-likeness (QED) is 0.254. The van der Waals surface area contributed by atoms with Crippen LogP contribution < -0.4 is 34.3 Å². The molecule has 4 atom stereocenters. The maximum atomic E-state index is 12.9. The van der Waals surface area contributed by atoms with Gasteiger partial charge in [-0.1, -0.05) is 108 Å². The number of hydrogen-bond donors (Lipinski definition) is 0. The largest absolute Gasteiger partial charge is 1.00 e. The molecule has 2 aromatic carbocycles. The third-order valence-electron chi connectivity index (χ3n) is 5.28. The summed E-state index contributed by atoms with van der Waals surface area (Å²) in [4.78, 5) is 12.8. The fraction of sp³-hybridized carbons (Fsp3) is 0.364. The van der Waals surface area contributed by atoms with Crippen molar-refractivity contribution in [3.8, 4) is 17.6 Å². The van der Waals surface area contributed by atoms with E-state index in [4.69, 9.17) is 9.47 Å². The van der Waals surface area contributed by atoms with Crippen LogP contribution >= 0.6 is 63.7 Å². The maximum Gasteiger partial charge on any atom is 1.00 e. The minimum Gasteiger partial charge on any atom is -1.00 e. The van der Waals surface area contributed by atoms with Crippen molar-refractivity contribution >= 4 is 69.7 Å². The third-order valence-corrected chi connectivity index (χ3v) is 9.86. The summed E-state index contributed by atoms with van der Waals surface area (Å²) in [6.45, 7) is 4.04. The molecule has 31 heavy (non-hydrogen) atoms. The van der Waals surface area contributed by atoms with Gasteiger partial charge in [-0.25, -0.2) is 0 Å². The molecule has 1 aliphatic rings. The molecule has 0 N–H and O–H groups in total. The number of nitriles is 1. The van der Waals surface area contributed by atoms with Crippen LogP contribution in [0.2, 0.25) is 0 Å². The molecule has 3 rings (SSSR count). The second-order valence-electron chi connectivity index (χ2n) is 7.70. The fourth-order valence-electron chi connectivity index (χ4n) is 3.60. The number of alkyl halides is 4. The first-order valence-electron chi connectivity index (χ1n) is 9.19. The van der Waals surface area contributed by atoms with E-state index in [2.05, 4.69) is 69.8 Å². The molecule has 0 aromatic heterocycles. The Balaban J connectivity index is 0.00000256. The minimum atomic E-state index is -1.01. The summed E-state index contributed by atoms with van der Waals surface area (Å²) in [5.41, 5.74) is 0.310. The molecule has 2 unspecified atom stereocenters. The van der Waals surface area contributed by atoms with Gasteiger partial charge in [-0.2, -0.15) is 5.26 Å². The molecule has 160 valence electrons. The molecule has 0 aliphatic heterocycles. The Labute approximate surface area is 239 Å². The average molecular weight is 689 g/mol. The fourth-order valence-corrected chi connectivity index (χ4v) is 5.44. The Morgan fingerprint density at radius 1 is 1.13 bits per heavy atom. The normalized spacial score (nSPS) is 21.1. The van der Waals surface area contributed by atoms with Crippen molar-refractivity contribution in [3.63, 3.8) is 0 Å². The van der Waals surface area contributed by atoms with E-state index in [0.29, 0.717) is 17.1 Å². The minimum absolute atomic E-state index is 0. The number of esters is 1. The number of benzene rings is 2. The van der Waals surface area contributed by atoms with Gasteiger partial charge in [0.05, 0.1) is 10.7 Å². The molecule has 9 heteroatoms. The summed E-state index contributed by atoms with van der Waals surface area (Å²) in [6, 6.07) is 18.5. The predicted molar refractivity (Wildman–Crippen MR) is 132 cm³/mol. The molecule has 1 fully saturated rings. The van der Waals surface area contributed by atoms with Crippen LogP contribution in [-0.4, -0.2) is 12.9 Å². The van der Waals surface area contributed by atoms with Crippen LogP contribution in [0.5, 0.6) is 11.5 Å². The third kappa shape index (κ3) is 6.59. The van der Waals surface area contributed by atoms with Crippen LogP contribution in [0, 0.1) is 28.6 Å². The van der Waals surface area contributed by atoms with Crippen molar-refractivity contribution < 1.29 is 45.3 Å². The van der Waals surface area contributed by atoms with E-state index in [1.54, 1.807) is 24.3 Å². The van der Waals surface area contributed by atoms with E-state index in [0.717, 1.165) is 0 Å². The van der Waals surface area contributed by atoms with E-state index in [1.165, 1.54) is 0 Å². The van der Waals surface area contributed by atoms with Crippen molar-refractivity contribution in [3.05, 3.63) is 60.2 Å². The van der Waals surface area contributed by atoms with Crippen LogP contribution in [-0.2, 0) is 9.53 Å². The molecule has 0 saturated heterocycles. The first kappa shape index (κ1) is 27.4. The van der Waals surface area contributed by atoms with Crippen molar-refractivity contribution in [1.82, 2.24) is 0 Å². The Bertz CT molecular complexity index is 966. The van der Waals surface area contributed by atoms with Crippen LogP contribution in [0.25, 0.3) is 0 Å². The van der Waals surface area contributed by atoms with Gasteiger partial charge in [0.1, 0.15) is 19.7 Å². The maximum absolute atomic E-state index is 12.9. The molecular formula is C22H20Br4NNaO3. The number of carbonyl (C=O) groups is 1. The molecule has 2 aromatic rings. The first-order chi connectivity index (χ1) is 14.1. The standard InChI is InChI=1S/C22H19Br4NO3.Na.H/c1-21(2)17(19(23)22(24,25)26)18(21)20(28)30-16(12-27)13-7-6-10-15(11-13)29-14-8-4-3-5-9-14;;/h3-11,16-19H,1-2H3;;/q;+1;-1/t16?,17-,18+,19?;;/m1../s1. The van der Waals surface area contributed by atoms with Crippen molar-refractivity contribution in [2.24, 2.45) is 17.3 Å². The van der Waals surface area contributed by atoms with E-state index in [9.17, 15) is 10.1 Å². The predicted octanol–water partition coefficient (Wildman–Crippen LogP) is 4.58. The summed E-state index contributed by atoms with van der Waals surface area (Å²) in [5.74, 6) is 0.576. The van der Waals surface area contributed by atoms with E-state index >= 15 is 0 Å². The summed E-state index contributed by atoms with van der Waals surface area (Å²) in [7, 11) is 0. The zero-order valence-corrected chi connectivity index (χ0v) is 25.5. The number of rotatable bonds is 6. The van der Waals surface area contributed by atoms with Crippen molar-refractivity contribution in [2.75, 3.05) is 0 Å². The van der Waals surface area contributed by atoms with Gasteiger partial charge in [0.15, 0.2) is 0 Å². The van der Waals surface area contributed by atoms with Crippen molar-refractivity contribution in [2.45, 2.75) is 26.9 Å². The summed E-state index contributed by atoms with van der Waals surface area (Å²) in [5, 5.41) is 9.65. The van der Waals surface area contributed by atoms with E-state index in [-0.39, 0.29) is 59.0 Å². The number of halogens is 4. The number of para-hydroxylation sites is 1. The Hall–Kier alpha value is 0.120. The first-order valence-corrected chi connectivity index (χ1v) is 12.5. The molecule has 0 bridgehead atoms. The molecule has 1 saturated carbocycles. The summed E-state index contributed by atoms with van der Waals surface area (Å²) in [6.07, 6.45) is -1.01. The SMILES string of the molecule is CC1(C)[C@H](C(=O)OC(C#N)c2cccc(Oc3ccccc3)c2)[C@@H]1C(Br)C(Br)(Br)Br.[H-].[Na+]. The van der Waals surface area contributed by atoms with Crippen LogP contribution in [0.4, 0.5) is 0 Å². The molecule has 0 radical (unpaired) electrons. The Morgan fingerprint density at radius 3 is 2.32 bits per heavy atom. The second-order valence-corrected chi connectivity index (χ2v) is 15.6. The number of hydrogen-bond acceptors (Lipinski definition) is 4. The van der Waals surface area contributed by atoms with Crippen LogP contribution in [0.15, 0.2) is 54.6 Å². The summed E-state index contributed by atoms with van der Waals surface area (Å²) >= 11 is 14.2. The van der Waals surface area contributed by atoms with Gasteiger partial charge in [-0.3, -0.25) is 4.79 Å². The average Bonchev–Trinajstić information content (AvgIpc) is 3.27. The molecule has 0 spiro atoms. The molecule has 4 nitrogen and oxygen atoms in total. The topological polar surface area (TPSA) is 59.3 Å². The Kier molecular flexibility index (Phi) is 9.74. The molecule has 0 heterocycles. The zero-order chi connectivity index (χ0) is 22.1. The molecular weight excluding hydrogens is 669 g/mol. The zero-order valence-electron chi connectivity index (χ0n) is 18.2. The van der Waals surface area contributed by atoms with E-state index in [1.807, 2.05) is 44.2 Å². The van der Waals surface area contributed by atoms with Gasteiger partial charge < -0.3 is 10.9 Å². The van der Waals surface area contributed by atoms with Crippen molar-refractivity contribution in [1.29, 1.82) is 5.26 Å². The molecule has 0 amide bonds. The van der Waals surface area contributed by atoms with Gasteiger partial charge in [0.2, 0.25) is 6.10 Å². The van der Waals surface area contributed by atoms with Crippen LogP contribution in [0.3, 0.4) is 0 Å². The van der Waals surface area contributed by atoms with Gasteiger partial charge in [-0.15, -0.1) is 0 Å².